The second kappa shape index (κ2) is 5.21. The molecule has 0 aliphatic heterocycles. The normalized spacial score (nSPS) is 12.0. The van der Waals surface area contributed by atoms with Gasteiger partial charge in [-0.15, -0.1) is 0 Å². The Hall–Kier alpha value is -1.23. The van der Waals surface area contributed by atoms with E-state index in [-0.39, 0.29) is 11.9 Å². The number of benzene rings is 1. The molecule has 1 unspecified atom stereocenters. The van der Waals surface area contributed by atoms with Crippen LogP contribution >= 0.6 is 15.9 Å². The molecular formula is C11H16BrN3O. The molecule has 1 rings (SSSR count). The van der Waals surface area contributed by atoms with Crippen molar-refractivity contribution in [2.75, 3.05) is 24.7 Å². The lowest BCUT2D eigenvalue weighted by molar-refractivity contribution is -0.121. The van der Waals surface area contributed by atoms with Crippen molar-refractivity contribution >= 4 is 33.2 Å². The maximum absolute atomic E-state index is 11.5. The van der Waals surface area contributed by atoms with Gasteiger partial charge in [-0.3, -0.25) is 4.79 Å². The number of likely N-dealkylation sites (N-methyl/N-ethyl adjacent to an activating group) is 2. The van der Waals surface area contributed by atoms with Crippen molar-refractivity contribution in [1.29, 1.82) is 0 Å². The van der Waals surface area contributed by atoms with E-state index in [2.05, 4.69) is 21.2 Å². The molecule has 88 valence electrons. The topological polar surface area (TPSA) is 58.4 Å². The Morgan fingerprint density at radius 3 is 2.69 bits per heavy atom. The van der Waals surface area contributed by atoms with Gasteiger partial charge in [-0.1, -0.05) is 15.9 Å². The maximum Gasteiger partial charge on any atom is 0.242 e. The average Bonchev–Trinajstić information content (AvgIpc) is 2.26. The first-order valence-electron chi connectivity index (χ1n) is 4.96. The second-order valence-corrected chi connectivity index (χ2v) is 4.52. The summed E-state index contributed by atoms with van der Waals surface area (Å²) in [5.74, 6) is -0.0372. The number of nitrogens with one attached hydrogen (secondary N) is 1. The van der Waals surface area contributed by atoms with Crippen molar-refractivity contribution in [1.82, 2.24) is 5.32 Å². The first-order chi connectivity index (χ1) is 7.47. The molecule has 1 amide bonds. The number of halogens is 1. The number of carbonyl (C=O) groups is 1. The van der Waals surface area contributed by atoms with Crippen molar-refractivity contribution in [3.05, 3.63) is 22.7 Å². The second-order valence-electron chi connectivity index (χ2n) is 3.60. The molecule has 0 aliphatic carbocycles. The highest BCUT2D eigenvalue weighted by molar-refractivity contribution is 9.10. The van der Waals surface area contributed by atoms with Crippen LogP contribution in [0.1, 0.15) is 6.92 Å². The predicted octanol–water partition coefficient (Wildman–Crippen LogP) is 1.60. The smallest absolute Gasteiger partial charge is 0.242 e. The highest BCUT2D eigenvalue weighted by Gasteiger charge is 2.18. The Balaban J connectivity index is 2.96. The number of carbonyl (C=O) groups excluding carboxylic acids is 1. The van der Waals surface area contributed by atoms with Gasteiger partial charge in [-0.25, -0.2) is 0 Å². The number of nitrogens with zero attached hydrogens (tertiary/aromatic N) is 1. The lowest BCUT2D eigenvalue weighted by Crippen LogP contribution is -2.42. The fraction of sp³-hybridized carbons (Fsp3) is 0.364. The monoisotopic (exact) mass is 285 g/mol. The molecule has 0 aliphatic rings. The van der Waals surface area contributed by atoms with E-state index in [1.165, 1.54) is 0 Å². The summed E-state index contributed by atoms with van der Waals surface area (Å²) in [6.45, 7) is 1.83. The highest BCUT2D eigenvalue weighted by Crippen LogP contribution is 2.27. The summed E-state index contributed by atoms with van der Waals surface area (Å²) in [6.07, 6.45) is 0. The molecule has 0 saturated heterocycles. The zero-order chi connectivity index (χ0) is 12.3. The molecular weight excluding hydrogens is 270 g/mol. The summed E-state index contributed by atoms with van der Waals surface area (Å²) in [7, 11) is 3.47. The lowest BCUT2D eigenvalue weighted by atomic mass is 10.2. The van der Waals surface area contributed by atoms with Crippen LogP contribution in [0.4, 0.5) is 11.4 Å². The third kappa shape index (κ3) is 2.66. The van der Waals surface area contributed by atoms with Crippen LogP contribution < -0.4 is 16.0 Å². The van der Waals surface area contributed by atoms with Crippen LogP contribution in [-0.2, 0) is 4.79 Å². The minimum absolute atomic E-state index is 0.0372. The molecule has 5 heteroatoms. The molecule has 1 aromatic rings. The molecule has 0 bridgehead atoms. The van der Waals surface area contributed by atoms with Gasteiger partial charge >= 0.3 is 0 Å². The van der Waals surface area contributed by atoms with Crippen LogP contribution in [0.2, 0.25) is 0 Å². The number of nitrogens with two attached hydrogens (primary N) is 1. The molecule has 16 heavy (non-hydrogen) atoms. The quantitative estimate of drug-likeness (QED) is 0.830. The number of rotatable bonds is 3. The summed E-state index contributed by atoms with van der Waals surface area (Å²) < 4.78 is 0.926. The average molecular weight is 286 g/mol. The Labute approximate surface area is 104 Å². The third-order valence-electron chi connectivity index (χ3n) is 2.58. The van der Waals surface area contributed by atoms with Gasteiger partial charge in [-0.05, 0) is 25.1 Å². The molecule has 0 fully saturated rings. The van der Waals surface area contributed by atoms with Crippen LogP contribution in [0.25, 0.3) is 0 Å². The Bertz CT molecular complexity index is 395. The van der Waals surface area contributed by atoms with Crippen LogP contribution in [0.5, 0.6) is 0 Å². The zero-order valence-electron chi connectivity index (χ0n) is 9.62. The number of hydrogen-bond donors (Lipinski definition) is 2. The summed E-state index contributed by atoms with van der Waals surface area (Å²) in [4.78, 5) is 13.3. The van der Waals surface area contributed by atoms with E-state index in [1.54, 1.807) is 7.05 Å². The van der Waals surface area contributed by atoms with Crippen LogP contribution in [0, 0.1) is 0 Å². The van der Waals surface area contributed by atoms with Crippen molar-refractivity contribution < 1.29 is 4.79 Å². The first-order valence-corrected chi connectivity index (χ1v) is 5.76. The van der Waals surface area contributed by atoms with Gasteiger partial charge in [0.15, 0.2) is 0 Å². The van der Waals surface area contributed by atoms with Crippen LogP contribution in [0.15, 0.2) is 22.7 Å². The van der Waals surface area contributed by atoms with E-state index in [1.807, 2.05) is 37.1 Å². The largest absolute Gasteiger partial charge is 0.397 e. The maximum atomic E-state index is 11.5. The van der Waals surface area contributed by atoms with Gasteiger partial charge in [0.2, 0.25) is 5.91 Å². The Morgan fingerprint density at radius 1 is 1.56 bits per heavy atom. The molecule has 0 spiro atoms. The molecule has 0 aromatic heterocycles. The van der Waals surface area contributed by atoms with Gasteiger partial charge in [0.25, 0.3) is 0 Å². The van der Waals surface area contributed by atoms with Crippen LogP contribution in [-0.4, -0.2) is 26.0 Å². The summed E-state index contributed by atoms with van der Waals surface area (Å²) in [5, 5.41) is 2.62. The first kappa shape index (κ1) is 12.8. The number of nitrogen functional groups attached to an aromatic ring is 1. The minimum Gasteiger partial charge on any atom is -0.397 e. The molecule has 3 N–H and O–H groups in total. The van der Waals surface area contributed by atoms with Gasteiger partial charge in [0.05, 0.1) is 11.4 Å². The summed E-state index contributed by atoms with van der Waals surface area (Å²) in [6, 6.07) is 5.36. The van der Waals surface area contributed by atoms with E-state index in [0.717, 1.165) is 10.2 Å². The zero-order valence-corrected chi connectivity index (χ0v) is 11.2. The Kier molecular flexibility index (Phi) is 4.18. The van der Waals surface area contributed by atoms with Gasteiger partial charge < -0.3 is 16.0 Å². The minimum atomic E-state index is -0.256. The van der Waals surface area contributed by atoms with Crippen LogP contribution in [0.3, 0.4) is 0 Å². The van der Waals surface area contributed by atoms with Crippen molar-refractivity contribution in [3.8, 4) is 0 Å². The van der Waals surface area contributed by atoms with Crippen molar-refractivity contribution in [2.45, 2.75) is 13.0 Å². The van der Waals surface area contributed by atoms with Crippen molar-refractivity contribution in [2.24, 2.45) is 0 Å². The van der Waals surface area contributed by atoms with E-state index in [9.17, 15) is 4.79 Å². The fourth-order valence-electron chi connectivity index (χ4n) is 1.44. The third-order valence-corrected chi connectivity index (χ3v) is 3.07. The summed E-state index contributed by atoms with van der Waals surface area (Å²) in [5.41, 5.74) is 7.39. The number of anilines is 2. The van der Waals surface area contributed by atoms with E-state index in [0.29, 0.717) is 5.69 Å². The SMILES string of the molecule is CNC(=O)C(C)N(C)c1ccc(Br)cc1N. The molecule has 1 atom stereocenters. The molecule has 1 aromatic carbocycles. The van der Waals surface area contributed by atoms with E-state index in [4.69, 9.17) is 5.73 Å². The predicted molar refractivity (Wildman–Crippen MR) is 70.5 cm³/mol. The van der Waals surface area contributed by atoms with Gasteiger partial charge in [0, 0.05) is 18.6 Å². The lowest BCUT2D eigenvalue weighted by Gasteiger charge is -2.26. The molecule has 0 radical (unpaired) electrons. The van der Waals surface area contributed by atoms with E-state index >= 15 is 0 Å². The fourth-order valence-corrected chi connectivity index (χ4v) is 1.82. The number of amides is 1. The molecule has 0 heterocycles. The number of hydrogen-bond acceptors (Lipinski definition) is 3. The molecule has 0 saturated carbocycles. The Morgan fingerprint density at radius 2 is 2.19 bits per heavy atom. The van der Waals surface area contributed by atoms with E-state index < -0.39 is 0 Å². The summed E-state index contributed by atoms with van der Waals surface area (Å²) >= 11 is 3.35. The van der Waals surface area contributed by atoms with Crippen molar-refractivity contribution in [3.63, 3.8) is 0 Å². The standard InChI is InChI=1S/C11H16BrN3O/c1-7(11(16)14-2)15(3)10-5-4-8(12)6-9(10)13/h4-7H,13H2,1-3H3,(H,14,16). The van der Waals surface area contributed by atoms with Gasteiger partial charge in [0.1, 0.15) is 6.04 Å². The molecule has 4 nitrogen and oxygen atoms in total. The van der Waals surface area contributed by atoms with Gasteiger partial charge in [-0.2, -0.15) is 0 Å². The highest BCUT2D eigenvalue weighted by atomic mass is 79.9.